The van der Waals surface area contributed by atoms with Gasteiger partial charge in [-0.05, 0) is 23.8 Å². The summed E-state index contributed by atoms with van der Waals surface area (Å²) in [6.45, 7) is 0. The van der Waals surface area contributed by atoms with Crippen LogP contribution in [-0.4, -0.2) is 51.2 Å². The zero-order valence-electron chi connectivity index (χ0n) is 18.9. The maximum Gasteiger partial charge on any atom is 0.192 e. The highest BCUT2D eigenvalue weighted by molar-refractivity contribution is 7.99. The number of nitrogens with zero attached hydrogens (tertiary/aromatic N) is 1. The van der Waals surface area contributed by atoms with Crippen LogP contribution >= 0.6 is 46.7 Å². The van der Waals surface area contributed by atoms with E-state index < -0.39 is 16.9 Å². The van der Waals surface area contributed by atoms with E-state index in [1.165, 1.54) is 0 Å². The van der Waals surface area contributed by atoms with E-state index in [0.717, 1.165) is 10.5 Å². The number of carbonyl (C=O) groups is 3. The molecule has 3 heterocycles. The lowest BCUT2D eigenvalue weighted by molar-refractivity contribution is 0.0340. The van der Waals surface area contributed by atoms with Crippen molar-refractivity contribution in [2.24, 2.45) is 5.41 Å². The summed E-state index contributed by atoms with van der Waals surface area (Å²) in [7, 11) is 0. The van der Waals surface area contributed by atoms with E-state index in [2.05, 4.69) is 0 Å². The molecule has 2 fully saturated rings. The predicted octanol–water partition coefficient (Wildman–Crippen LogP) is 6.26. The molecule has 0 aromatic heterocycles. The van der Waals surface area contributed by atoms with Gasteiger partial charge in [0.25, 0.3) is 0 Å². The fraction of sp³-hybridized carbons (Fsp3) is 0.250. The Morgan fingerprint density at radius 2 is 1.50 bits per heavy atom. The van der Waals surface area contributed by atoms with Crippen LogP contribution in [0.3, 0.4) is 0 Å². The third kappa shape index (κ3) is 2.62. The summed E-state index contributed by atoms with van der Waals surface area (Å²) in [6, 6.07) is 19.6. The standard InChI is InChI=1S/C28H19Cl2NO3S2/c29-15-9-10-18(20(30)11-15)23-21-12-35-14-31(21)28(25(33)16-5-1-2-6-17(16)26(28)34)27(23)13-36-22-8-4-3-7-19(22)24(27)32/h1-11,21,23H,12-14H2/t21-,23-,27-/m1/s1. The highest BCUT2D eigenvalue weighted by Crippen LogP contribution is 2.67. The lowest BCUT2D eigenvalue weighted by Gasteiger charge is -2.47. The minimum absolute atomic E-state index is 0.151. The zero-order valence-corrected chi connectivity index (χ0v) is 22.0. The van der Waals surface area contributed by atoms with Crippen molar-refractivity contribution in [2.45, 2.75) is 22.4 Å². The number of hydrogen-bond acceptors (Lipinski definition) is 6. The number of carbonyl (C=O) groups excluding carboxylic acids is 3. The average Bonchev–Trinajstić information content (AvgIpc) is 3.51. The van der Waals surface area contributed by atoms with E-state index in [4.69, 9.17) is 23.2 Å². The molecule has 7 rings (SSSR count). The first-order valence-electron chi connectivity index (χ1n) is 11.7. The van der Waals surface area contributed by atoms with Crippen LogP contribution in [0.25, 0.3) is 0 Å². The van der Waals surface area contributed by atoms with Crippen molar-refractivity contribution in [1.29, 1.82) is 0 Å². The second kappa shape index (κ2) is 7.95. The largest absolute Gasteiger partial charge is 0.293 e. The SMILES string of the molecule is O=C1c2ccccc2C(=O)C12N1CSC[C@@H]1[C@@H](c1ccc(Cl)cc1Cl)[C@@]21CSc2ccccc2C1=O. The number of fused-ring (bicyclic) bond motifs is 5. The molecule has 0 radical (unpaired) electrons. The molecule has 2 spiro atoms. The van der Waals surface area contributed by atoms with Gasteiger partial charge in [0, 0.05) is 61.0 Å². The van der Waals surface area contributed by atoms with Gasteiger partial charge < -0.3 is 0 Å². The first kappa shape index (κ1) is 23.1. The molecule has 0 bridgehead atoms. The quantitative estimate of drug-likeness (QED) is 0.333. The zero-order chi connectivity index (χ0) is 24.8. The van der Waals surface area contributed by atoms with Crippen LogP contribution in [0.1, 0.15) is 42.6 Å². The highest BCUT2D eigenvalue weighted by Gasteiger charge is 2.80. The van der Waals surface area contributed by atoms with E-state index in [1.807, 2.05) is 35.2 Å². The number of hydrogen-bond donors (Lipinski definition) is 0. The molecule has 0 N–H and O–H groups in total. The van der Waals surface area contributed by atoms with E-state index >= 15 is 0 Å². The van der Waals surface area contributed by atoms with Crippen molar-refractivity contribution < 1.29 is 14.4 Å². The normalized spacial score (nSPS) is 28.1. The van der Waals surface area contributed by atoms with Gasteiger partial charge in [0.2, 0.25) is 0 Å². The number of benzene rings is 3. The van der Waals surface area contributed by atoms with Crippen molar-refractivity contribution >= 4 is 64.1 Å². The van der Waals surface area contributed by atoms with Crippen molar-refractivity contribution in [3.63, 3.8) is 0 Å². The molecule has 36 heavy (non-hydrogen) atoms. The Morgan fingerprint density at radius 1 is 0.833 bits per heavy atom. The summed E-state index contributed by atoms with van der Waals surface area (Å²) in [6.07, 6.45) is 0. The number of ketones is 3. The van der Waals surface area contributed by atoms with Crippen molar-refractivity contribution in [2.75, 3.05) is 17.4 Å². The Hall–Kier alpha value is -2.09. The van der Waals surface area contributed by atoms with Gasteiger partial charge in [-0.3, -0.25) is 19.3 Å². The van der Waals surface area contributed by atoms with E-state index in [0.29, 0.717) is 44.1 Å². The van der Waals surface area contributed by atoms with Crippen LogP contribution in [0.5, 0.6) is 0 Å². The number of Topliss-reactive ketones (excluding diaryl/α,β-unsaturated/α-hetero) is 3. The molecule has 0 amide bonds. The topological polar surface area (TPSA) is 54.5 Å². The molecule has 0 saturated carbocycles. The number of rotatable bonds is 1. The smallest absolute Gasteiger partial charge is 0.192 e. The van der Waals surface area contributed by atoms with Gasteiger partial charge in [0.05, 0.1) is 5.41 Å². The average molecular weight is 553 g/mol. The van der Waals surface area contributed by atoms with Crippen LogP contribution in [0.15, 0.2) is 71.6 Å². The maximum absolute atomic E-state index is 14.8. The molecule has 3 aromatic carbocycles. The summed E-state index contributed by atoms with van der Waals surface area (Å²) >= 11 is 16.3. The second-order valence-electron chi connectivity index (χ2n) is 9.68. The molecular weight excluding hydrogens is 533 g/mol. The summed E-state index contributed by atoms with van der Waals surface area (Å²) in [5.74, 6) is 0.376. The molecule has 0 unspecified atom stereocenters. The summed E-state index contributed by atoms with van der Waals surface area (Å²) in [5.41, 5.74) is -0.804. The molecular formula is C28H19Cl2NO3S2. The minimum atomic E-state index is -1.61. The van der Waals surface area contributed by atoms with E-state index in [1.54, 1.807) is 59.9 Å². The van der Waals surface area contributed by atoms with E-state index in [-0.39, 0.29) is 23.4 Å². The van der Waals surface area contributed by atoms with Gasteiger partial charge in [0.15, 0.2) is 22.9 Å². The summed E-state index contributed by atoms with van der Waals surface area (Å²) in [5, 5.41) is 0.950. The second-order valence-corrected chi connectivity index (χ2v) is 12.5. The van der Waals surface area contributed by atoms with Gasteiger partial charge in [-0.2, -0.15) is 0 Å². The van der Waals surface area contributed by atoms with Crippen molar-refractivity contribution in [3.05, 3.63) is 99.0 Å². The fourth-order valence-electron chi connectivity index (χ4n) is 6.93. The number of halogens is 2. The maximum atomic E-state index is 14.8. The van der Waals surface area contributed by atoms with Gasteiger partial charge in [-0.15, -0.1) is 23.5 Å². The minimum Gasteiger partial charge on any atom is -0.293 e. The number of thioether (sulfide) groups is 2. The van der Waals surface area contributed by atoms with Crippen molar-refractivity contribution in [1.82, 2.24) is 4.90 Å². The Bertz CT molecular complexity index is 1470. The molecule has 8 heteroatoms. The van der Waals surface area contributed by atoms with Crippen LogP contribution in [0.2, 0.25) is 10.0 Å². The molecule has 3 aromatic rings. The highest BCUT2D eigenvalue weighted by atomic mass is 35.5. The lowest BCUT2D eigenvalue weighted by atomic mass is 9.58. The Labute approximate surface area is 226 Å². The third-order valence-electron chi connectivity index (χ3n) is 8.27. The molecule has 3 atom stereocenters. The first-order valence-corrected chi connectivity index (χ1v) is 14.6. The van der Waals surface area contributed by atoms with Gasteiger partial charge in [0.1, 0.15) is 0 Å². The monoisotopic (exact) mass is 551 g/mol. The van der Waals surface area contributed by atoms with Crippen LogP contribution in [0.4, 0.5) is 0 Å². The predicted molar refractivity (Wildman–Crippen MR) is 144 cm³/mol. The first-order chi connectivity index (χ1) is 17.4. The van der Waals surface area contributed by atoms with Gasteiger partial charge in [-0.1, -0.05) is 71.7 Å². The Balaban J connectivity index is 1.58. The van der Waals surface area contributed by atoms with Crippen LogP contribution in [0, 0.1) is 5.41 Å². The van der Waals surface area contributed by atoms with Crippen LogP contribution < -0.4 is 0 Å². The van der Waals surface area contributed by atoms with E-state index in [9.17, 15) is 14.4 Å². The summed E-state index contributed by atoms with van der Waals surface area (Å²) in [4.78, 5) is 46.8. The molecule has 4 aliphatic rings. The van der Waals surface area contributed by atoms with Crippen molar-refractivity contribution in [3.8, 4) is 0 Å². The molecule has 1 aliphatic carbocycles. The fourth-order valence-corrected chi connectivity index (χ4v) is 10.2. The van der Waals surface area contributed by atoms with Gasteiger partial charge >= 0.3 is 0 Å². The molecule has 4 nitrogen and oxygen atoms in total. The summed E-state index contributed by atoms with van der Waals surface area (Å²) < 4.78 is 0. The van der Waals surface area contributed by atoms with Gasteiger partial charge in [-0.25, -0.2) is 0 Å². The van der Waals surface area contributed by atoms with Crippen LogP contribution in [-0.2, 0) is 0 Å². The Morgan fingerprint density at radius 3 is 2.19 bits per heavy atom. The lowest BCUT2D eigenvalue weighted by Crippen LogP contribution is -2.66. The Kier molecular flexibility index (Phi) is 5.09. The molecule has 180 valence electrons. The molecule has 3 aliphatic heterocycles. The third-order valence-corrected chi connectivity index (χ3v) is 11.1. The molecule has 2 saturated heterocycles.